The zero-order valence-corrected chi connectivity index (χ0v) is 18.9. The van der Waals surface area contributed by atoms with E-state index in [-0.39, 0.29) is 28.4 Å². The molecule has 1 saturated heterocycles. The van der Waals surface area contributed by atoms with Crippen LogP contribution in [-0.4, -0.2) is 70.7 Å². The molecule has 0 aliphatic carbocycles. The van der Waals surface area contributed by atoms with Gasteiger partial charge in [0.1, 0.15) is 5.56 Å². The zero-order valence-electron chi connectivity index (χ0n) is 18.1. The molecule has 2 aliphatic heterocycles. The van der Waals surface area contributed by atoms with Crippen LogP contribution in [0.4, 0.5) is 36.4 Å². The second-order valence-corrected chi connectivity index (χ2v) is 8.89. The van der Waals surface area contributed by atoms with Crippen LogP contribution in [0.25, 0.3) is 10.9 Å². The van der Waals surface area contributed by atoms with Crippen molar-refractivity contribution < 1.29 is 45.4 Å². The Kier molecular flexibility index (Phi) is 6.17. The molecule has 1 aromatic heterocycles. The summed E-state index contributed by atoms with van der Waals surface area (Å²) in [5, 5.41) is 9.44. The highest BCUT2D eigenvalue weighted by Gasteiger charge is 2.76. The van der Waals surface area contributed by atoms with Gasteiger partial charge in [-0.15, -0.1) is 0 Å². The van der Waals surface area contributed by atoms with Gasteiger partial charge in [-0.3, -0.25) is 9.59 Å². The Morgan fingerprint density at radius 3 is 2.14 bits per heavy atom. The van der Waals surface area contributed by atoms with Gasteiger partial charge in [0.05, 0.1) is 16.2 Å². The Morgan fingerprint density at radius 1 is 0.972 bits per heavy atom. The summed E-state index contributed by atoms with van der Waals surface area (Å²) in [6.45, 7) is -1.18. The van der Waals surface area contributed by atoms with Crippen LogP contribution in [0.3, 0.4) is 0 Å². The lowest BCUT2D eigenvalue weighted by Crippen LogP contribution is -2.62. The number of carboxylic acid groups (broad SMARTS) is 1. The third-order valence-corrected chi connectivity index (χ3v) is 6.63. The third-order valence-electron chi connectivity index (χ3n) is 6.34. The Morgan fingerprint density at radius 2 is 1.58 bits per heavy atom. The van der Waals surface area contributed by atoms with E-state index < -0.39 is 54.0 Å². The number of aromatic carboxylic acids is 1. The Bertz CT molecular complexity index is 1320. The first-order chi connectivity index (χ1) is 16.6. The van der Waals surface area contributed by atoms with E-state index in [2.05, 4.69) is 0 Å². The fourth-order valence-corrected chi connectivity index (χ4v) is 4.93. The SMILES string of the molecule is O=C(O)c1cn2c3c(c(N4CCN(C(=O)C(F)(F)C(F)(F)C(F)(F)F)CC4)c(Cl)cc3c1=O)CCC2. The molecule has 15 heteroatoms. The van der Waals surface area contributed by atoms with Gasteiger partial charge in [0.25, 0.3) is 5.91 Å². The standard InChI is InChI=1S/C21H17ClF7N3O4/c22-13-8-11-14-10(2-1-3-32(14)9-12(16(11)33)17(34)35)15(13)30-4-6-31(7-5-30)18(36)19(23,24)20(25,26)21(27,28)29/h8-9H,1-7H2,(H,34,35). The van der Waals surface area contributed by atoms with Gasteiger partial charge in [0.15, 0.2) is 0 Å². The topological polar surface area (TPSA) is 82.8 Å². The number of carboxylic acids is 1. The predicted octanol–water partition coefficient (Wildman–Crippen LogP) is 3.78. The van der Waals surface area contributed by atoms with Gasteiger partial charge in [-0.2, -0.15) is 30.7 Å². The van der Waals surface area contributed by atoms with E-state index in [0.29, 0.717) is 36.2 Å². The van der Waals surface area contributed by atoms with Gasteiger partial charge in [-0.25, -0.2) is 4.79 Å². The highest BCUT2D eigenvalue weighted by Crippen LogP contribution is 2.47. The van der Waals surface area contributed by atoms with Crippen molar-refractivity contribution in [2.45, 2.75) is 37.4 Å². The molecule has 3 heterocycles. The van der Waals surface area contributed by atoms with Crippen molar-refractivity contribution in [1.29, 1.82) is 0 Å². The molecule has 0 atom stereocenters. The van der Waals surface area contributed by atoms with Crippen LogP contribution in [0.1, 0.15) is 22.3 Å². The average molecular weight is 544 g/mol. The van der Waals surface area contributed by atoms with Crippen LogP contribution in [-0.2, 0) is 17.8 Å². The van der Waals surface area contributed by atoms with Gasteiger partial charge in [0, 0.05) is 49.9 Å². The number of carbonyl (C=O) groups excluding carboxylic acids is 1. The number of anilines is 1. The smallest absolute Gasteiger partial charge is 0.460 e. The minimum atomic E-state index is -6.62. The monoisotopic (exact) mass is 543 g/mol. The molecule has 1 aromatic carbocycles. The molecule has 0 spiro atoms. The number of hydrogen-bond donors (Lipinski definition) is 1. The van der Waals surface area contributed by atoms with Gasteiger partial charge < -0.3 is 19.5 Å². The maximum Gasteiger partial charge on any atom is 0.460 e. The van der Waals surface area contributed by atoms with E-state index in [1.165, 1.54) is 12.3 Å². The first kappa shape index (κ1) is 26.0. The third kappa shape index (κ3) is 3.85. The van der Waals surface area contributed by atoms with Crippen LogP contribution in [0.15, 0.2) is 17.1 Å². The molecule has 1 fully saturated rings. The molecule has 0 bridgehead atoms. The van der Waals surface area contributed by atoms with Crippen LogP contribution in [0.5, 0.6) is 0 Å². The number of pyridine rings is 1. The average Bonchev–Trinajstić information content (AvgIpc) is 2.79. The summed E-state index contributed by atoms with van der Waals surface area (Å²) in [6.07, 6.45) is -4.43. The molecule has 2 aliphatic rings. The molecular weight excluding hydrogens is 527 g/mol. The van der Waals surface area contributed by atoms with E-state index in [9.17, 15) is 50.2 Å². The van der Waals surface area contributed by atoms with E-state index >= 15 is 0 Å². The van der Waals surface area contributed by atoms with E-state index in [1.54, 1.807) is 9.47 Å². The molecule has 0 radical (unpaired) electrons. The van der Waals surface area contributed by atoms with Crippen LogP contribution in [0.2, 0.25) is 5.02 Å². The van der Waals surface area contributed by atoms with Crippen molar-refractivity contribution in [3.05, 3.63) is 38.6 Å². The Hall–Kier alpha value is -3.03. The number of aryl methyl sites for hydroxylation is 2. The number of aromatic nitrogens is 1. The number of alkyl halides is 7. The Labute approximate surface area is 202 Å². The van der Waals surface area contributed by atoms with Crippen molar-refractivity contribution >= 4 is 40.1 Å². The summed E-state index contributed by atoms with van der Waals surface area (Å²) in [5.74, 6) is -16.6. The maximum atomic E-state index is 13.9. The van der Waals surface area contributed by atoms with Crippen molar-refractivity contribution in [3.63, 3.8) is 0 Å². The van der Waals surface area contributed by atoms with E-state index in [1.807, 2.05) is 0 Å². The molecule has 0 saturated carbocycles. The second kappa shape index (κ2) is 8.53. The molecule has 1 N–H and O–H groups in total. The minimum Gasteiger partial charge on any atom is -0.477 e. The first-order valence-corrected chi connectivity index (χ1v) is 11.0. The minimum absolute atomic E-state index is 0.0410. The predicted molar refractivity (Wildman–Crippen MR) is 113 cm³/mol. The summed E-state index contributed by atoms with van der Waals surface area (Å²) in [4.78, 5) is 37.9. The molecular formula is C21H17ClF7N3O4. The number of amides is 1. The number of rotatable bonds is 4. The largest absolute Gasteiger partial charge is 0.477 e. The van der Waals surface area contributed by atoms with Crippen molar-refractivity contribution in [1.82, 2.24) is 9.47 Å². The lowest BCUT2D eigenvalue weighted by Gasteiger charge is -2.40. The Balaban J connectivity index is 1.65. The normalized spacial score (nSPS) is 17.0. The number of benzene rings is 1. The van der Waals surface area contributed by atoms with Gasteiger partial charge in [-0.05, 0) is 18.9 Å². The number of carbonyl (C=O) groups is 2. The lowest BCUT2D eigenvalue weighted by atomic mass is 9.96. The molecule has 7 nitrogen and oxygen atoms in total. The van der Waals surface area contributed by atoms with Gasteiger partial charge in [0.2, 0.25) is 5.43 Å². The summed E-state index contributed by atoms with van der Waals surface area (Å²) in [6, 6.07) is 1.28. The maximum absolute atomic E-state index is 13.9. The molecule has 1 amide bonds. The number of halogens is 8. The van der Waals surface area contributed by atoms with Gasteiger partial charge >= 0.3 is 24.0 Å². The lowest BCUT2D eigenvalue weighted by molar-refractivity contribution is -0.346. The summed E-state index contributed by atoms with van der Waals surface area (Å²) in [7, 11) is 0. The fraction of sp³-hybridized carbons (Fsp3) is 0.476. The summed E-state index contributed by atoms with van der Waals surface area (Å²) in [5.41, 5.74) is 0.216. The number of nitrogens with zero attached hydrogens (tertiary/aromatic N) is 3. The van der Waals surface area contributed by atoms with E-state index in [4.69, 9.17) is 11.6 Å². The highest BCUT2D eigenvalue weighted by atomic mass is 35.5. The summed E-state index contributed by atoms with van der Waals surface area (Å²) < 4.78 is 93.3. The number of piperazine rings is 1. The van der Waals surface area contributed by atoms with Crippen LogP contribution >= 0.6 is 11.6 Å². The number of hydrogen-bond acceptors (Lipinski definition) is 4. The molecule has 0 unspecified atom stereocenters. The zero-order chi connectivity index (χ0) is 26.8. The molecule has 2 aromatic rings. The molecule has 196 valence electrons. The van der Waals surface area contributed by atoms with Crippen LogP contribution < -0.4 is 10.3 Å². The van der Waals surface area contributed by atoms with Crippen molar-refractivity contribution in [3.8, 4) is 0 Å². The van der Waals surface area contributed by atoms with Crippen LogP contribution in [0, 0.1) is 0 Å². The van der Waals surface area contributed by atoms with Crippen molar-refractivity contribution in [2.75, 3.05) is 31.1 Å². The highest BCUT2D eigenvalue weighted by molar-refractivity contribution is 6.34. The van der Waals surface area contributed by atoms with Gasteiger partial charge in [-0.1, -0.05) is 11.6 Å². The van der Waals surface area contributed by atoms with E-state index in [0.717, 1.165) is 0 Å². The quantitative estimate of drug-likeness (QED) is 0.594. The first-order valence-electron chi connectivity index (χ1n) is 10.6. The molecule has 36 heavy (non-hydrogen) atoms. The fourth-order valence-electron chi connectivity index (χ4n) is 4.59. The second-order valence-electron chi connectivity index (χ2n) is 8.48. The molecule has 4 rings (SSSR count). The van der Waals surface area contributed by atoms with Crippen molar-refractivity contribution in [2.24, 2.45) is 0 Å². The summed E-state index contributed by atoms with van der Waals surface area (Å²) >= 11 is 6.42.